The molecule has 0 fully saturated rings. The van der Waals surface area contributed by atoms with Crippen LogP contribution < -0.4 is 0 Å². The highest BCUT2D eigenvalue weighted by Gasteiger charge is 2.32. The highest BCUT2D eigenvalue weighted by molar-refractivity contribution is 5.66. The Morgan fingerprint density at radius 1 is 1.33 bits per heavy atom. The molecule has 0 radical (unpaired) electrons. The molecule has 3 heteroatoms. The lowest BCUT2D eigenvalue weighted by Crippen LogP contribution is -2.39. The van der Waals surface area contributed by atoms with Crippen LogP contribution in [0.5, 0.6) is 0 Å². The van der Waals surface area contributed by atoms with Crippen LogP contribution in [0.1, 0.15) is 34.6 Å². The number of aliphatic hydroxyl groups is 1. The summed E-state index contributed by atoms with van der Waals surface area (Å²) in [6.07, 6.45) is 0. The van der Waals surface area contributed by atoms with Crippen molar-refractivity contribution >= 4 is 5.97 Å². The van der Waals surface area contributed by atoms with E-state index in [4.69, 9.17) is 0 Å². The molecule has 0 unspecified atom stereocenters. The molecule has 0 atom stereocenters. The van der Waals surface area contributed by atoms with Crippen LogP contribution in [-0.2, 0) is 9.53 Å². The monoisotopic (exact) mass is 212 g/mol. The van der Waals surface area contributed by atoms with E-state index in [2.05, 4.69) is 16.6 Å². The Morgan fingerprint density at radius 3 is 2.13 bits per heavy atom. The van der Waals surface area contributed by atoms with Gasteiger partial charge in [0.2, 0.25) is 0 Å². The van der Waals surface area contributed by atoms with Crippen molar-refractivity contribution in [2.24, 2.45) is 11.8 Å². The molecule has 15 heavy (non-hydrogen) atoms. The van der Waals surface area contributed by atoms with Gasteiger partial charge < -0.3 is 9.84 Å². The second-order valence-corrected chi connectivity index (χ2v) is 4.22. The summed E-state index contributed by atoms with van der Waals surface area (Å²) >= 11 is 0. The summed E-state index contributed by atoms with van der Waals surface area (Å²) in [5, 5.41) is 10.2. The van der Waals surface area contributed by atoms with Gasteiger partial charge in [-0.15, -0.1) is 0 Å². The third kappa shape index (κ3) is 4.35. The Balaban J connectivity index is 4.48. The maximum atomic E-state index is 10.5. The van der Waals surface area contributed by atoms with Gasteiger partial charge in [-0.1, -0.05) is 39.5 Å². The smallest absolute Gasteiger partial charge is 0.303 e. The van der Waals surface area contributed by atoms with Gasteiger partial charge in [-0.05, 0) is 11.8 Å². The SMILES string of the molecule is CC(=O)OCC#CC(O)(C(C)C)C(C)C. The van der Waals surface area contributed by atoms with E-state index in [1.165, 1.54) is 6.92 Å². The van der Waals surface area contributed by atoms with Crippen LogP contribution in [-0.4, -0.2) is 23.3 Å². The first-order valence-corrected chi connectivity index (χ1v) is 5.16. The Hall–Kier alpha value is -1.01. The molecule has 1 N–H and O–H groups in total. The Labute approximate surface area is 91.8 Å². The quantitative estimate of drug-likeness (QED) is 0.571. The largest absolute Gasteiger partial charge is 0.453 e. The van der Waals surface area contributed by atoms with E-state index in [0.717, 1.165) is 0 Å². The van der Waals surface area contributed by atoms with Crippen molar-refractivity contribution in [3.8, 4) is 11.8 Å². The van der Waals surface area contributed by atoms with Crippen molar-refractivity contribution in [2.45, 2.75) is 40.2 Å². The maximum absolute atomic E-state index is 10.5. The fourth-order valence-corrected chi connectivity index (χ4v) is 1.27. The molecule has 0 saturated carbocycles. The van der Waals surface area contributed by atoms with E-state index in [1.807, 2.05) is 27.7 Å². The molecule has 0 amide bonds. The summed E-state index contributed by atoms with van der Waals surface area (Å²) in [6.45, 7) is 9.04. The van der Waals surface area contributed by atoms with Gasteiger partial charge in [0.15, 0.2) is 6.61 Å². The van der Waals surface area contributed by atoms with Gasteiger partial charge in [0.05, 0.1) is 0 Å². The molecule has 0 saturated heterocycles. The first-order valence-electron chi connectivity index (χ1n) is 5.16. The molecule has 0 aromatic carbocycles. The number of ether oxygens (including phenoxy) is 1. The number of esters is 1. The lowest BCUT2D eigenvalue weighted by atomic mass is 9.81. The summed E-state index contributed by atoms with van der Waals surface area (Å²) in [4.78, 5) is 10.5. The van der Waals surface area contributed by atoms with E-state index in [-0.39, 0.29) is 24.4 Å². The lowest BCUT2D eigenvalue weighted by molar-refractivity contribution is -0.139. The minimum atomic E-state index is -1.01. The normalized spacial score (nSPS) is 11.2. The van der Waals surface area contributed by atoms with Crippen LogP contribution in [0.25, 0.3) is 0 Å². The average molecular weight is 212 g/mol. The van der Waals surface area contributed by atoms with Crippen LogP contribution >= 0.6 is 0 Å². The maximum Gasteiger partial charge on any atom is 0.303 e. The third-order valence-electron chi connectivity index (χ3n) is 2.40. The highest BCUT2D eigenvalue weighted by atomic mass is 16.5. The van der Waals surface area contributed by atoms with Gasteiger partial charge in [0.25, 0.3) is 0 Å². The van der Waals surface area contributed by atoms with Crippen molar-refractivity contribution in [2.75, 3.05) is 6.61 Å². The zero-order valence-electron chi connectivity index (χ0n) is 10.1. The highest BCUT2D eigenvalue weighted by Crippen LogP contribution is 2.24. The van der Waals surface area contributed by atoms with Gasteiger partial charge in [-0.3, -0.25) is 4.79 Å². The Kier molecular flexibility index (Phi) is 5.38. The van der Waals surface area contributed by atoms with Crippen molar-refractivity contribution in [1.29, 1.82) is 0 Å². The van der Waals surface area contributed by atoms with E-state index >= 15 is 0 Å². The van der Waals surface area contributed by atoms with Crippen LogP contribution in [0.3, 0.4) is 0 Å². The molecule has 0 aromatic heterocycles. The molecule has 0 bridgehead atoms. The molecule has 0 aromatic rings. The fraction of sp³-hybridized carbons (Fsp3) is 0.750. The topological polar surface area (TPSA) is 46.5 Å². The summed E-state index contributed by atoms with van der Waals surface area (Å²) in [7, 11) is 0. The molecule has 0 rings (SSSR count). The van der Waals surface area contributed by atoms with Gasteiger partial charge in [-0.25, -0.2) is 0 Å². The van der Waals surface area contributed by atoms with E-state index in [0.29, 0.717) is 0 Å². The summed E-state index contributed by atoms with van der Waals surface area (Å²) in [6, 6.07) is 0. The first-order chi connectivity index (χ1) is 6.80. The number of carbonyl (C=O) groups excluding carboxylic acids is 1. The van der Waals surface area contributed by atoms with Crippen LogP contribution in [0.15, 0.2) is 0 Å². The van der Waals surface area contributed by atoms with Crippen molar-refractivity contribution in [3.63, 3.8) is 0 Å². The standard InChI is InChI=1S/C12H20O3/c1-9(2)12(14,10(3)4)7-6-8-15-11(5)13/h9-10,14H,8H2,1-5H3. The number of carbonyl (C=O) groups is 1. The lowest BCUT2D eigenvalue weighted by Gasteiger charge is -2.30. The summed E-state index contributed by atoms with van der Waals surface area (Å²) in [5.41, 5.74) is -1.01. The van der Waals surface area contributed by atoms with E-state index in [1.54, 1.807) is 0 Å². The Morgan fingerprint density at radius 2 is 1.80 bits per heavy atom. The van der Waals surface area contributed by atoms with Gasteiger partial charge in [0.1, 0.15) is 5.60 Å². The third-order valence-corrected chi connectivity index (χ3v) is 2.40. The number of rotatable bonds is 3. The van der Waals surface area contributed by atoms with Crippen molar-refractivity contribution in [1.82, 2.24) is 0 Å². The zero-order chi connectivity index (χ0) is 12.1. The van der Waals surface area contributed by atoms with E-state index in [9.17, 15) is 9.90 Å². The molecule has 0 spiro atoms. The predicted molar refractivity (Wildman–Crippen MR) is 59.0 cm³/mol. The minimum absolute atomic E-state index is 0.0388. The van der Waals surface area contributed by atoms with Gasteiger partial charge in [0, 0.05) is 6.92 Å². The van der Waals surface area contributed by atoms with Crippen LogP contribution in [0.4, 0.5) is 0 Å². The van der Waals surface area contributed by atoms with Gasteiger partial charge >= 0.3 is 5.97 Å². The predicted octanol–water partition coefficient (Wildman–Crippen LogP) is 1.60. The van der Waals surface area contributed by atoms with Crippen LogP contribution in [0.2, 0.25) is 0 Å². The molecule has 0 aliphatic carbocycles. The average Bonchev–Trinajstić information content (AvgIpc) is 2.10. The van der Waals surface area contributed by atoms with Gasteiger partial charge in [-0.2, -0.15) is 0 Å². The molecular formula is C12H20O3. The van der Waals surface area contributed by atoms with Crippen molar-refractivity contribution < 1.29 is 14.6 Å². The minimum Gasteiger partial charge on any atom is -0.453 e. The number of hydrogen-bond acceptors (Lipinski definition) is 3. The molecule has 0 heterocycles. The second kappa shape index (κ2) is 5.77. The van der Waals surface area contributed by atoms with Crippen molar-refractivity contribution in [3.05, 3.63) is 0 Å². The van der Waals surface area contributed by atoms with E-state index < -0.39 is 5.60 Å². The summed E-state index contributed by atoms with van der Waals surface area (Å²) < 4.78 is 4.67. The molecule has 86 valence electrons. The van der Waals surface area contributed by atoms with Crippen LogP contribution in [0, 0.1) is 23.7 Å². The fourth-order valence-electron chi connectivity index (χ4n) is 1.27. The molecule has 0 aliphatic rings. The molecule has 0 aliphatic heterocycles. The Bertz CT molecular complexity index is 260. The molecule has 3 nitrogen and oxygen atoms in total. The summed E-state index contributed by atoms with van der Waals surface area (Å²) in [5.74, 6) is 5.18. The zero-order valence-corrected chi connectivity index (χ0v) is 10.1. The number of hydrogen-bond donors (Lipinski definition) is 1. The molecular weight excluding hydrogens is 192 g/mol. The second-order valence-electron chi connectivity index (χ2n) is 4.22. The first kappa shape index (κ1) is 14.0.